The van der Waals surface area contributed by atoms with Crippen molar-refractivity contribution < 1.29 is 9.53 Å². The van der Waals surface area contributed by atoms with E-state index in [-0.39, 0.29) is 18.0 Å². The highest BCUT2D eigenvalue weighted by Crippen LogP contribution is 2.36. The topological polar surface area (TPSA) is 41.9 Å². The van der Waals surface area contributed by atoms with Crippen LogP contribution in [0.15, 0.2) is 29.3 Å². The molecule has 0 saturated heterocycles. The normalized spacial score (nSPS) is 23.5. The Morgan fingerprint density at radius 1 is 1.20 bits per heavy atom. The summed E-state index contributed by atoms with van der Waals surface area (Å²) >= 11 is 0. The minimum atomic E-state index is -0.394. The molecule has 1 saturated carbocycles. The van der Waals surface area contributed by atoms with Gasteiger partial charge in [-0.3, -0.25) is 4.99 Å². The molecule has 0 aliphatic heterocycles. The molecule has 0 radical (unpaired) electrons. The second kappa shape index (κ2) is 11.0. The van der Waals surface area contributed by atoms with Crippen LogP contribution in [0, 0.1) is 30.6 Å². The Morgan fingerprint density at radius 2 is 1.87 bits per heavy atom. The molecule has 1 aromatic rings. The van der Waals surface area contributed by atoms with Crippen molar-refractivity contribution >= 4 is 17.5 Å². The smallest absolute Gasteiger partial charge is 0.329 e. The molecule has 2 rings (SSSR count). The van der Waals surface area contributed by atoms with Crippen LogP contribution in [-0.4, -0.2) is 31.0 Å². The molecule has 1 fully saturated rings. The van der Waals surface area contributed by atoms with Gasteiger partial charge in [-0.25, -0.2) is 4.79 Å². The zero-order valence-corrected chi connectivity index (χ0v) is 20.3. The number of carbonyl (C=O) groups is 1. The fourth-order valence-corrected chi connectivity index (χ4v) is 4.86. The van der Waals surface area contributed by atoms with Gasteiger partial charge in [-0.1, -0.05) is 66.2 Å². The van der Waals surface area contributed by atoms with E-state index < -0.39 is 6.04 Å². The Bertz CT molecular complexity index is 725. The maximum atomic E-state index is 13.7. The Kier molecular flexibility index (Phi) is 8.93. The number of hydrogen-bond acceptors (Lipinski definition) is 3. The third kappa shape index (κ3) is 5.65. The molecular formula is C26H42N2O2. The maximum Gasteiger partial charge on any atom is 0.329 e. The van der Waals surface area contributed by atoms with Crippen molar-refractivity contribution in [2.45, 2.75) is 86.3 Å². The summed E-state index contributed by atoms with van der Waals surface area (Å²) in [5.74, 6) is 2.45. The van der Waals surface area contributed by atoms with E-state index in [2.05, 4.69) is 70.5 Å². The van der Waals surface area contributed by atoms with Crippen LogP contribution >= 0.6 is 0 Å². The average molecular weight is 415 g/mol. The summed E-state index contributed by atoms with van der Waals surface area (Å²) in [5, 5.41) is 0. The molecule has 1 aliphatic carbocycles. The van der Waals surface area contributed by atoms with E-state index in [0.29, 0.717) is 17.8 Å². The third-order valence-electron chi connectivity index (χ3n) is 6.61. The number of nitrogens with zero attached hydrogens (tertiary/aromatic N) is 2. The standard InChI is InChI=1S/C26H42N2O2/c1-9-24(27-8)28(22-13-11-10-12-20(22)7)25(18(4)5)26(29)30-23-16-19(6)14-15-21(23)17(2)3/h10-13,17-19,21,23,25H,9,14-16H2,1-8H3/b27-24+/t19-,21+,23-,25-/m1/s1. The van der Waals surface area contributed by atoms with Gasteiger partial charge in [-0.2, -0.15) is 0 Å². The van der Waals surface area contributed by atoms with Gasteiger partial charge in [0.25, 0.3) is 0 Å². The van der Waals surface area contributed by atoms with Crippen LogP contribution < -0.4 is 4.90 Å². The van der Waals surface area contributed by atoms with Gasteiger partial charge in [-0.15, -0.1) is 0 Å². The van der Waals surface area contributed by atoms with Crippen molar-refractivity contribution in [1.82, 2.24) is 0 Å². The molecule has 4 heteroatoms. The molecule has 0 spiro atoms. The molecule has 0 amide bonds. The van der Waals surface area contributed by atoms with Crippen molar-refractivity contribution in [3.8, 4) is 0 Å². The summed E-state index contributed by atoms with van der Waals surface area (Å²) in [6, 6.07) is 7.84. The van der Waals surface area contributed by atoms with Crippen LogP contribution in [0.1, 0.15) is 72.8 Å². The minimum Gasteiger partial charge on any atom is -0.461 e. The number of carbonyl (C=O) groups excluding carboxylic acids is 1. The van der Waals surface area contributed by atoms with E-state index in [0.717, 1.165) is 36.3 Å². The Morgan fingerprint density at radius 3 is 2.40 bits per heavy atom. The molecule has 0 aromatic heterocycles. The zero-order chi connectivity index (χ0) is 22.4. The zero-order valence-electron chi connectivity index (χ0n) is 20.3. The number of rotatable bonds is 7. The van der Waals surface area contributed by atoms with Gasteiger partial charge in [0.05, 0.1) is 0 Å². The first-order valence-electron chi connectivity index (χ1n) is 11.7. The van der Waals surface area contributed by atoms with Crippen LogP contribution in [-0.2, 0) is 9.53 Å². The van der Waals surface area contributed by atoms with E-state index in [4.69, 9.17) is 4.74 Å². The van der Waals surface area contributed by atoms with Gasteiger partial charge in [-0.05, 0) is 55.1 Å². The molecule has 4 nitrogen and oxygen atoms in total. The van der Waals surface area contributed by atoms with Crippen molar-refractivity contribution in [3.05, 3.63) is 29.8 Å². The second-order valence-electron chi connectivity index (χ2n) is 9.64. The SMILES string of the molecule is CC/C(=N\C)N(c1ccccc1C)[C@@H](C(=O)O[C@@H]1C[C@H](C)CC[C@H]1C(C)C)C(C)C. The van der Waals surface area contributed by atoms with Crippen LogP contribution in [0.4, 0.5) is 5.69 Å². The number of aliphatic imine (C=N–C) groups is 1. The summed E-state index contributed by atoms with van der Waals surface area (Å²) in [6.45, 7) is 15.2. The van der Waals surface area contributed by atoms with E-state index in [9.17, 15) is 4.79 Å². The summed E-state index contributed by atoms with van der Waals surface area (Å²) in [4.78, 5) is 20.3. The summed E-state index contributed by atoms with van der Waals surface area (Å²) in [6.07, 6.45) is 4.09. The Labute approximate surface area is 184 Å². The fourth-order valence-electron chi connectivity index (χ4n) is 4.86. The van der Waals surface area contributed by atoms with Crippen LogP contribution in [0.5, 0.6) is 0 Å². The van der Waals surface area contributed by atoms with Gasteiger partial charge >= 0.3 is 5.97 Å². The summed E-state index contributed by atoms with van der Waals surface area (Å²) < 4.78 is 6.31. The van der Waals surface area contributed by atoms with Gasteiger partial charge in [0.1, 0.15) is 18.0 Å². The summed E-state index contributed by atoms with van der Waals surface area (Å²) in [5.41, 5.74) is 2.17. The predicted molar refractivity (Wildman–Crippen MR) is 127 cm³/mol. The number of benzene rings is 1. The first-order valence-corrected chi connectivity index (χ1v) is 11.7. The lowest BCUT2D eigenvalue weighted by atomic mass is 9.75. The maximum absolute atomic E-state index is 13.7. The van der Waals surface area contributed by atoms with Crippen molar-refractivity contribution in [1.29, 1.82) is 0 Å². The monoisotopic (exact) mass is 414 g/mol. The molecule has 0 heterocycles. The average Bonchev–Trinajstić information content (AvgIpc) is 2.68. The van der Waals surface area contributed by atoms with E-state index >= 15 is 0 Å². The van der Waals surface area contributed by atoms with Gasteiger partial charge in [0, 0.05) is 19.2 Å². The highest BCUT2D eigenvalue weighted by molar-refractivity contribution is 6.03. The Balaban J connectivity index is 2.41. The summed E-state index contributed by atoms with van der Waals surface area (Å²) in [7, 11) is 1.81. The fraction of sp³-hybridized carbons (Fsp3) is 0.692. The van der Waals surface area contributed by atoms with Gasteiger partial charge in [0.15, 0.2) is 0 Å². The third-order valence-corrected chi connectivity index (χ3v) is 6.61. The lowest BCUT2D eigenvalue weighted by molar-refractivity contribution is -0.158. The highest BCUT2D eigenvalue weighted by atomic mass is 16.5. The second-order valence-corrected chi connectivity index (χ2v) is 9.64. The number of para-hydroxylation sites is 1. The number of hydrogen-bond donors (Lipinski definition) is 0. The lowest BCUT2D eigenvalue weighted by Crippen LogP contribution is -2.51. The Hall–Kier alpha value is -1.84. The van der Waals surface area contributed by atoms with E-state index in [1.54, 1.807) is 0 Å². The molecule has 1 aromatic carbocycles. The number of aryl methyl sites for hydroxylation is 1. The first kappa shape index (κ1) is 24.4. The highest BCUT2D eigenvalue weighted by Gasteiger charge is 2.39. The molecule has 30 heavy (non-hydrogen) atoms. The molecule has 1 aliphatic rings. The number of amidine groups is 1. The van der Waals surface area contributed by atoms with E-state index in [1.165, 1.54) is 6.42 Å². The van der Waals surface area contributed by atoms with Gasteiger partial charge < -0.3 is 9.64 Å². The van der Waals surface area contributed by atoms with Gasteiger partial charge in [0.2, 0.25) is 0 Å². The molecule has 0 bridgehead atoms. The number of ether oxygens (including phenoxy) is 1. The molecule has 0 unspecified atom stereocenters. The van der Waals surface area contributed by atoms with Crippen LogP contribution in [0.2, 0.25) is 0 Å². The van der Waals surface area contributed by atoms with Crippen LogP contribution in [0.25, 0.3) is 0 Å². The molecule has 168 valence electrons. The molecule has 4 atom stereocenters. The predicted octanol–water partition coefficient (Wildman–Crippen LogP) is 6.27. The number of esters is 1. The minimum absolute atomic E-state index is 0.00450. The van der Waals surface area contributed by atoms with Crippen molar-refractivity contribution in [2.24, 2.45) is 28.7 Å². The molecular weight excluding hydrogens is 372 g/mol. The quantitative estimate of drug-likeness (QED) is 0.300. The lowest BCUT2D eigenvalue weighted by Gasteiger charge is -2.40. The van der Waals surface area contributed by atoms with Crippen molar-refractivity contribution in [3.63, 3.8) is 0 Å². The first-order chi connectivity index (χ1) is 14.2. The largest absolute Gasteiger partial charge is 0.461 e. The number of anilines is 1. The van der Waals surface area contributed by atoms with Crippen LogP contribution in [0.3, 0.4) is 0 Å². The van der Waals surface area contributed by atoms with E-state index in [1.807, 2.05) is 19.2 Å². The van der Waals surface area contributed by atoms with Crippen molar-refractivity contribution in [2.75, 3.05) is 11.9 Å². The molecule has 0 N–H and O–H groups in total.